The van der Waals surface area contributed by atoms with Gasteiger partial charge >= 0.3 is 0 Å². The Kier molecular flexibility index (Phi) is 10.5. The van der Waals surface area contributed by atoms with E-state index in [0.29, 0.717) is 34.0 Å². The van der Waals surface area contributed by atoms with E-state index in [1.807, 2.05) is 110 Å². The zero-order valence-corrected chi connectivity index (χ0v) is 35.5. The number of phenolic OH excluding ortho intramolecular Hbond substituents is 1. The standard InChI is InChI=1S/C51H47N3O9/c1-29-11-17-34(18-12-29)52-54-48(57)40-28-39-37(45(32-26-42(62-4)46(55)43(27-32)63-5)51(40,50(54)59)33-9-7-6-8-10-33)22-23-38-44(39)49(58)53(47(38)56)35-19-14-30(15-20-35)13-16-31-25-36(60-2)21-24-41(31)61-3/h6-22,24-27,38-40,44-45,52,55H,23,28H2,1-5H3/t38-,39+,40-,44-,45-,51+/m0/s1. The number of nitrogens with zero attached hydrogens (tertiary/aromatic N) is 2. The van der Waals surface area contributed by atoms with Gasteiger partial charge in [-0.1, -0.05) is 84.0 Å². The summed E-state index contributed by atoms with van der Waals surface area (Å²) < 4.78 is 22.2. The van der Waals surface area contributed by atoms with E-state index in [2.05, 4.69) is 5.43 Å². The average molecular weight is 846 g/mol. The number of aryl methyl sites for hydroxylation is 1. The summed E-state index contributed by atoms with van der Waals surface area (Å²) in [5.41, 5.74) is 7.22. The molecule has 2 N–H and O–H groups in total. The highest BCUT2D eigenvalue weighted by atomic mass is 16.5. The van der Waals surface area contributed by atoms with Gasteiger partial charge < -0.3 is 24.1 Å². The van der Waals surface area contributed by atoms with E-state index >= 15 is 9.59 Å². The number of hydrogen-bond donors (Lipinski definition) is 2. The van der Waals surface area contributed by atoms with Crippen LogP contribution in [-0.2, 0) is 24.6 Å². The van der Waals surface area contributed by atoms with Crippen LogP contribution in [0.15, 0.2) is 121 Å². The minimum Gasteiger partial charge on any atom is -0.502 e. The Hall–Kier alpha value is -7.34. The van der Waals surface area contributed by atoms with E-state index in [-0.39, 0.29) is 41.9 Å². The third kappa shape index (κ3) is 6.59. The van der Waals surface area contributed by atoms with E-state index in [4.69, 9.17) is 18.9 Å². The zero-order valence-electron chi connectivity index (χ0n) is 35.5. The van der Waals surface area contributed by atoms with Crippen LogP contribution in [-0.4, -0.2) is 62.2 Å². The topological polar surface area (TPSA) is 144 Å². The SMILES string of the molecule is COc1ccc(OC)c(C=Cc2ccc(N3C(=O)[C@H]4[C@H](CC=C5[C@H]4C[C@H]4C(=O)N(Nc6ccc(C)cc6)C(=O)[C@@]4(c4ccccc4)[C@H]5c4cc(OC)c(O)c(OC)c4)C3=O)cc2)c1. The molecule has 0 bridgehead atoms. The van der Waals surface area contributed by atoms with E-state index < -0.39 is 46.8 Å². The summed E-state index contributed by atoms with van der Waals surface area (Å²) in [6.45, 7) is 1.95. The maximum absolute atomic E-state index is 15.5. The smallest absolute Gasteiger partial charge is 0.260 e. The first-order valence-electron chi connectivity index (χ1n) is 20.8. The number of carbonyl (C=O) groups is 4. The number of hydrazine groups is 1. The molecule has 4 amide bonds. The second-order valence-electron chi connectivity index (χ2n) is 16.4. The van der Waals surface area contributed by atoms with Crippen molar-refractivity contribution in [2.45, 2.75) is 31.1 Å². The molecular formula is C51H47N3O9. The fourth-order valence-corrected chi connectivity index (χ4v) is 10.3. The predicted molar refractivity (Wildman–Crippen MR) is 237 cm³/mol. The van der Waals surface area contributed by atoms with Gasteiger partial charge in [0.25, 0.3) is 11.8 Å². The molecule has 5 aromatic carbocycles. The molecular weight excluding hydrogens is 799 g/mol. The van der Waals surface area contributed by atoms with Crippen LogP contribution in [0.2, 0.25) is 0 Å². The number of ether oxygens (including phenoxy) is 4. The average Bonchev–Trinajstić information content (AvgIpc) is 3.69. The highest BCUT2D eigenvalue weighted by Crippen LogP contribution is 2.65. The van der Waals surface area contributed by atoms with Crippen molar-refractivity contribution in [2.75, 3.05) is 38.8 Å². The molecule has 4 aliphatic rings. The third-order valence-corrected chi connectivity index (χ3v) is 13.3. The van der Waals surface area contributed by atoms with Gasteiger partial charge in [-0.2, -0.15) is 5.01 Å². The van der Waals surface area contributed by atoms with Crippen LogP contribution in [0.3, 0.4) is 0 Å². The van der Waals surface area contributed by atoms with Gasteiger partial charge in [-0.3, -0.25) is 29.5 Å². The monoisotopic (exact) mass is 845 g/mol. The van der Waals surface area contributed by atoms with Crippen molar-refractivity contribution in [3.8, 4) is 28.7 Å². The van der Waals surface area contributed by atoms with Gasteiger partial charge in [0.15, 0.2) is 11.5 Å². The number of rotatable bonds is 11. The van der Waals surface area contributed by atoms with Crippen LogP contribution >= 0.6 is 0 Å². The zero-order chi connectivity index (χ0) is 44.2. The Balaban J connectivity index is 1.13. The lowest BCUT2D eigenvalue weighted by Crippen LogP contribution is -2.53. The number of methoxy groups -OCH3 is 4. The van der Waals surface area contributed by atoms with Crippen molar-refractivity contribution in [1.29, 1.82) is 0 Å². The first-order valence-corrected chi connectivity index (χ1v) is 20.8. The largest absolute Gasteiger partial charge is 0.502 e. The van der Waals surface area contributed by atoms with Crippen molar-refractivity contribution in [2.24, 2.45) is 23.7 Å². The number of fused-ring (bicyclic) bond motifs is 4. The number of aromatic hydroxyl groups is 1. The molecule has 9 rings (SSSR count). The van der Waals surface area contributed by atoms with Gasteiger partial charge in [0.05, 0.1) is 63.0 Å². The summed E-state index contributed by atoms with van der Waals surface area (Å²) in [6.07, 6.45) is 6.19. The number of hydrogen-bond acceptors (Lipinski definition) is 10. The van der Waals surface area contributed by atoms with Gasteiger partial charge in [-0.25, -0.2) is 0 Å². The molecule has 12 nitrogen and oxygen atoms in total. The van der Waals surface area contributed by atoms with E-state index in [1.165, 1.54) is 19.1 Å². The highest BCUT2D eigenvalue weighted by Gasteiger charge is 2.70. The first kappa shape index (κ1) is 41.0. The molecule has 6 atom stereocenters. The van der Waals surface area contributed by atoms with Crippen LogP contribution in [0, 0.1) is 30.6 Å². The van der Waals surface area contributed by atoms with Crippen LogP contribution in [0.1, 0.15) is 46.6 Å². The van der Waals surface area contributed by atoms with E-state index in [0.717, 1.165) is 27.3 Å². The molecule has 1 saturated carbocycles. The Morgan fingerprint density at radius 2 is 1.40 bits per heavy atom. The van der Waals surface area contributed by atoms with Crippen LogP contribution in [0.4, 0.5) is 11.4 Å². The van der Waals surface area contributed by atoms with Crippen molar-refractivity contribution < 1.29 is 43.2 Å². The third-order valence-electron chi connectivity index (χ3n) is 13.3. The molecule has 2 aliphatic carbocycles. The van der Waals surface area contributed by atoms with Gasteiger partial charge in [0, 0.05) is 11.5 Å². The van der Waals surface area contributed by atoms with Crippen LogP contribution in [0.5, 0.6) is 28.7 Å². The molecule has 63 heavy (non-hydrogen) atoms. The number of allylic oxidation sites excluding steroid dienone is 2. The van der Waals surface area contributed by atoms with Gasteiger partial charge in [0.2, 0.25) is 17.6 Å². The van der Waals surface area contributed by atoms with Crippen LogP contribution < -0.4 is 29.3 Å². The second kappa shape index (κ2) is 16.2. The molecule has 5 aromatic rings. The summed E-state index contributed by atoms with van der Waals surface area (Å²) >= 11 is 0. The molecule has 0 unspecified atom stereocenters. The quantitative estimate of drug-likeness (QED) is 0.0761. The molecule has 2 aliphatic heterocycles. The lowest BCUT2D eigenvalue weighted by molar-refractivity contribution is -0.138. The van der Waals surface area contributed by atoms with Crippen LogP contribution in [0.25, 0.3) is 12.2 Å². The molecule has 0 spiro atoms. The van der Waals surface area contributed by atoms with E-state index in [1.54, 1.807) is 38.5 Å². The predicted octanol–water partition coefficient (Wildman–Crippen LogP) is 8.09. The maximum atomic E-state index is 15.5. The van der Waals surface area contributed by atoms with E-state index in [9.17, 15) is 14.7 Å². The number of nitrogens with one attached hydrogen (secondary N) is 1. The Morgan fingerprint density at radius 3 is 2.05 bits per heavy atom. The Morgan fingerprint density at radius 1 is 0.714 bits per heavy atom. The van der Waals surface area contributed by atoms with Crippen molar-refractivity contribution >= 4 is 47.2 Å². The Labute approximate surface area is 365 Å². The normalized spacial score (nSPS) is 23.9. The van der Waals surface area contributed by atoms with Crippen molar-refractivity contribution in [1.82, 2.24) is 5.01 Å². The summed E-state index contributed by atoms with van der Waals surface area (Å²) in [7, 11) is 6.06. The highest BCUT2D eigenvalue weighted by molar-refractivity contribution is 6.22. The molecule has 2 heterocycles. The van der Waals surface area contributed by atoms with Gasteiger partial charge in [-0.05, 0) is 97.0 Å². The summed E-state index contributed by atoms with van der Waals surface area (Å²) in [6, 6.07) is 32.7. The number of phenols is 1. The molecule has 2 saturated heterocycles. The molecule has 0 radical (unpaired) electrons. The number of anilines is 2. The number of benzene rings is 5. The molecule has 0 aromatic heterocycles. The van der Waals surface area contributed by atoms with Crippen molar-refractivity contribution in [3.05, 3.63) is 149 Å². The molecule has 320 valence electrons. The minimum atomic E-state index is -1.51. The number of amides is 4. The summed E-state index contributed by atoms with van der Waals surface area (Å²) in [4.78, 5) is 61.3. The fraction of sp³-hybridized carbons (Fsp3) is 0.255. The summed E-state index contributed by atoms with van der Waals surface area (Å²) in [5, 5.41) is 12.2. The molecule has 3 fully saturated rings. The van der Waals surface area contributed by atoms with Gasteiger partial charge in [-0.15, -0.1) is 0 Å². The minimum absolute atomic E-state index is 0.117. The van der Waals surface area contributed by atoms with Crippen molar-refractivity contribution in [3.63, 3.8) is 0 Å². The number of imide groups is 2. The maximum Gasteiger partial charge on any atom is 0.260 e. The lowest BCUT2D eigenvalue weighted by atomic mass is 9.49. The number of carbonyl (C=O) groups excluding carboxylic acids is 4. The first-order chi connectivity index (χ1) is 30.5. The summed E-state index contributed by atoms with van der Waals surface area (Å²) in [5.74, 6) is -4.10. The fourth-order valence-electron chi connectivity index (χ4n) is 10.3. The van der Waals surface area contributed by atoms with Gasteiger partial charge in [0.1, 0.15) is 11.5 Å². The molecule has 12 heteroatoms. The Bertz CT molecular complexity index is 2670. The second-order valence-corrected chi connectivity index (χ2v) is 16.4. The lowest BCUT2D eigenvalue weighted by Gasteiger charge is -2.50.